The number of methoxy groups -OCH3 is 1. The van der Waals surface area contributed by atoms with E-state index in [9.17, 15) is 4.39 Å². The molecule has 0 spiro atoms. The molecule has 264 valence electrons. The Kier molecular flexibility index (Phi) is 8.51. The van der Waals surface area contributed by atoms with Crippen molar-refractivity contribution in [2.24, 2.45) is 0 Å². The van der Waals surface area contributed by atoms with Crippen molar-refractivity contribution in [3.8, 4) is 22.9 Å². The maximum atomic E-state index is 15.4. The molecule has 3 fully saturated rings. The summed E-state index contributed by atoms with van der Waals surface area (Å²) in [6.45, 7) is 4.38. The maximum absolute atomic E-state index is 15.4. The normalized spacial score (nSPS) is 21.7. The lowest BCUT2D eigenvalue weighted by molar-refractivity contribution is 0.0512. The van der Waals surface area contributed by atoms with Crippen LogP contribution in [-0.4, -0.2) is 101 Å². The van der Waals surface area contributed by atoms with Crippen LogP contribution in [0.15, 0.2) is 42.7 Å². The van der Waals surface area contributed by atoms with Gasteiger partial charge in [0.1, 0.15) is 35.5 Å². The third kappa shape index (κ3) is 5.52. The Balaban J connectivity index is 1.30. The van der Waals surface area contributed by atoms with Crippen LogP contribution in [-0.2, 0) is 11.2 Å². The fourth-order valence-electron chi connectivity index (χ4n) is 8.58. The third-order valence-corrected chi connectivity index (χ3v) is 11.5. The van der Waals surface area contributed by atoms with Crippen LogP contribution >= 0.6 is 0 Å². The van der Waals surface area contributed by atoms with E-state index in [1.54, 1.807) is 19.4 Å². The molecule has 0 amide bonds. The van der Waals surface area contributed by atoms with Gasteiger partial charge < -0.3 is 24.4 Å². The van der Waals surface area contributed by atoms with E-state index < -0.39 is 6.17 Å². The Morgan fingerprint density at radius 1 is 1.06 bits per heavy atom. The molecule has 0 bridgehead atoms. The van der Waals surface area contributed by atoms with Gasteiger partial charge in [-0.05, 0) is 105 Å². The Morgan fingerprint density at radius 3 is 2.68 bits per heavy atom. The smallest absolute Gasteiger partial charge is 0.319 e. The third-order valence-electron chi connectivity index (χ3n) is 11.5. The molecule has 8 rings (SSSR count). The minimum atomic E-state index is -0.855. The molecule has 1 N–H and O–H groups in total. The molecule has 2 aromatic carbocycles. The van der Waals surface area contributed by atoms with Crippen LogP contribution in [0.2, 0.25) is 0 Å². The van der Waals surface area contributed by atoms with Crippen LogP contribution in [0.3, 0.4) is 0 Å². The number of imidazole rings is 1. The molecule has 1 aliphatic carbocycles. The molecule has 2 saturated heterocycles. The van der Waals surface area contributed by atoms with Crippen LogP contribution in [0.1, 0.15) is 51.0 Å². The summed E-state index contributed by atoms with van der Waals surface area (Å²) >= 11 is 0. The fourth-order valence-corrected chi connectivity index (χ4v) is 8.58. The van der Waals surface area contributed by atoms with Gasteiger partial charge in [-0.3, -0.25) is 9.30 Å². The van der Waals surface area contributed by atoms with Gasteiger partial charge in [-0.15, -0.1) is 0 Å². The first-order chi connectivity index (χ1) is 24.2. The number of hydrogen-bond donors (Lipinski definition) is 1. The molecule has 50 heavy (non-hydrogen) atoms. The largest absolute Gasteiger partial charge is 0.468 e. The number of rotatable bonds is 12. The zero-order valence-electron chi connectivity index (χ0n) is 29.3. The van der Waals surface area contributed by atoms with E-state index in [1.807, 2.05) is 35.7 Å². The fraction of sp³-hybridized carbons (Fsp3) is 0.500. The predicted molar refractivity (Wildman–Crippen MR) is 190 cm³/mol. The quantitative estimate of drug-likeness (QED) is 0.145. The monoisotopic (exact) mass is 685 g/mol. The molecule has 0 radical (unpaired) electrons. The van der Waals surface area contributed by atoms with Crippen molar-refractivity contribution < 1.29 is 23.0 Å². The molecule has 1 saturated carbocycles. The molecule has 2 aliphatic heterocycles. The molecular formula is C38H45F2N7O3. The van der Waals surface area contributed by atoms with Gasteiger partial charge in [-0.1, -0.05) is 13.0 Å². The number of pyridine rings is 1. The van der Waals surface area contributed by atoms with Crippen molar-refractivity contribution in [1.82, 2.24) is 29.2 Å². The second-order valence-electron chi connectivity index (χ2n) is 14.5. The second kappa shape index (κ2) is 12.9. The highest BCUT2D eigenvalue weighted by atomic mass is 19.1. The van der Waals surface area contributed by atoms with Gasteiger partial charge in [-0.2, -0.15) is 9.97 Å². The Morgan fingerprint density at radius 2 is 1.92 bits per heavy atom. The number of hydrogen-bond acceptors (Lipinski definition) is 9. The minimum absolute atomic E-state index is 0.0256. The number of halogens is 2. The molecule has 3 aromatic heterocycles. The first-order valence-electron chi connectivity index (χ1n) is 17.7. The number of aromatic nitrogens is 4. The molecular weight excluding hydrogens is 640 g/mol. The lowest BCUT2D eigenvalue weighted by atomic mass is 9.75. The van der Waals surface area contributed by atoms with Crippen LogP contribution in [0.5, 0.6) is 11.8 Å². The zero-order chi connectivity index (χ0) is 34.6. The van der Waals surface area contributed by atoms with Crippen molar-refractivity contribution in [3.05, 3.63) is 54.1 Å². The van der Waals surface area contributed by atoms with Gasteiger partial charge in [0.15, 0.2) is 12.6 Å². The first-order valence-corrected chi connectivity index (χ1v) is 17.7. The second-order valence-corrected chi connectivity index (χ2v) is 14.5. The van der Waals surface area contributed by atoms with Gasteiger partial charge in [0.2, 0.25) is 0 Å². The average Bonchev–Trinajstić information content (AvgIpc) is 3.79. The molecule has 3 aliphatic rings. The lowest BCUT2D eigenvalue weighted by Crippen LogP contribution is -2.54. The number of aryl methyl sites for hydroxylation is 1. The lowest BCUT2D eigenvalue weighted by Gasteiger charge is -2.47. The number of anilines is 1. The standard InChI is InChI=1S/C38H45F2N7O3/c1-5-27-30(40)9-8-24-16-26(50-23-48-4)17-28(32(24)27)29-18-31-33(47-15-13-41-35(29)47)34(42-21-37(45(2)3)10-6-11-37)44-36(43-31)49-22-38-12-7-14-46(38)20-25(39)19-38/h8-9,13,15-18,25H,5-7,10-12,14,19-23H2,1-4H3,(H,42,43,44)/t25-,38+/m1/s1. The summed E-state index contributed by atoms with van der Waals surface area (Å²) in [7, 11) is 5.83. The number of ether oxygens (including phenoxy) is 3. The van der Waals surface area contributed by atoms with Crippen molar-refractivity contribution in [3.63, 3.8) is 0 Å². The van der Waals surface area contributed by atoms with Crippen LogP contribution in [0.4, 0.5) is 14.6 Å². The Labute approximate surface area is 290 Å². The maximum Gasteiger partial charge on any atom is 0.319 e. The SMILES string of the molecule is CCc1c(F)ccc2cc(OCOC)cc(-c3cc4nc(OC[C@@]56CCCN5C[C@H](F)C6)nc(NCC5(N(C)C)CCC5)c4n4ccnc34)c12. The van der Waals surface area contributed by atoms with Crippen LogP contribution in [0, 0.1) is 5.82 Å². The number of alkyl halides is 1. The summed E-state index contributed by atoms with van der Waals surface area (Å²) < 4.78 is 49.6. The van der Waals surface area contributed by atoms with E-state index >= 15 is 4.39 Å². The number of likely N-dealkylation sites (N-methyl/N-ethyl adjacent to an activating group) is 1. The van der Waals surface area contributed by atoms with Gasteiger partial charge in [0.25, 0.3) is 0 Å². The first kappa shape index (κ1) is 33.0. The summed E-state index contributed by atoms with van der Waals surface area (Å²) in [4.78, 5) is 19.3. The van der Waals surface area contributed by atoms with E-state index in [-0.39, 0.29) is 29.7 Å². The number of nitrogens with one attached hydrogen (secondary N) is 1. The topological polar surface area (TPSA) is 89.3 Å². The van der Waals surface area contributed by atoms with Crippen LogP contribution in [0.25, 0.3) is 38.6 Å². The zero-order valence-corrected chi connectivity index (χ0v) is 29.3. The van der Waals surface area contributed by atoms with E-state index in [1.165, 1.54) is 12.5 Å². The summed E-state index contributed by atoms with van der Waals surface area (Å²) in [5.74, 6) is 0.982. The van der Waals surface area contributed by atoms with E-state index in [4.69, 9.17) is 29.2 Å². The molecule has 5 heterocycles. The van der Waals surface area contributed by atoms with E-state index in [0.29, 0.717) is 60.8 Å². The molecule has 0 unspecified atom stereocenters. The van der Waals surface area contributed by atoms with Crippen molar-refractivity contribution in [2.45, 2.75) is 69.1 Å². The molecule has 2 atom stereocenters. The van der Waals surface area contributed by atoms with Crippen molar-refractivity contribution >= 4 is 33.3 Å². The van der Waals surface area contributed by atoms with Crippen LogP contribution < -0.4 is 14.8 Å². The van der Waals surface area contributed by atoms with Gasteiger partial charge in [0, 0.05) is 50.1 Å². The summed E-state index contributed by atoms with van der Waals surface area (Å²) in [6.07, 6.45) is 9.07. The van der Waals surface area contributed by atoms with Gasteiger partial charge >= 0.3 is 6.01 Å². The summed E-state index contributed by atoms with van der Waals surface area (Å²) in [5, 5.41) is 5.33. The number of fused-ring (bicyclic) bond motifs is 5. The molecule has 5 aromatic rings. The number of benzene rings is 2. The highest BCUT2D eigenvalue weighted by molar-refractivity contribution is 6.05. The minimum Gasteiger partial charge on any atom is -0.468 e. The molecule has 12 heteroatoms. The highest BCUT2D eigenvalue weighted by Gasteiger charge is 2.49. The van der Waals surface area contributed by atoms with E-state index in [2.05, 4.69) is 29.2 Å². The number of nitrogens with zero attached hydrogens (tertiary/aromatic N) is 6. The average molecular weight is 686 g/mol. The van der Waals surface area contributed by atoms with Crippen molar-refractivity contribution in [2.75, 3.05) is 59.6 Å². The van der Waals surface area contributed by atoms with Crippen molar-refractivity contribution in [1.29, 1.82) is 0 Å². The van der Waals surface area contributed by atoms with Gasteiger partial charge in [-0.25, -0.2) is 13.8 Å². The summed E-state index contributed by atoms with van der Waals surface area (Å²) in [6, 6.07) is 9.36. The predicted octanol–water partition coefficient (Wildman–Crippen LogP) is 6.63. The van der Waals surface area contributed by atoms with E-state index in [0.717, 1.165) is 59.6 Å². The van der Waals surface area contributed by atoms with Gasteiger partial charge in [0.05, 0.1) is 11.1 Å². The summed E-state index contributed by atoms with van der Waals surface area (Å²) in [5.41, 5.74) is 3.95. The highest BCUT2D eigenvalue weighted by Crippen LogP contribution is 2.43. The Hall–Kier alpha value is -4.13. The Bertz CT molecular complexity index is 2070. The molecule has 10 nitrogen and oxygen atoms in total.